The van der Waals surface area contributed by atoms with Crippen LogP contribution in [0.1, 0.15) is 28.9 Å². The molecule has 5 rings (SSSR count). The summed E-state index contributed by atoms with van der Waals surface area (Å²) in [6, 6.07) is 18.8. The van der Waals surface area contributed by atoms with Gasteiger partial charge in [0.2, 0.25) is 0 Å². The number of carbonyl (C=O) groups is 1. The van der Waals surface area contributed by atoms with Crippen LogP contribution in [0.2, 0.25) is 0 Å². The van der Waals surface area contributed by atoms with E-state index in [0.717, 1.165) is 27.8 Å². The Morgan fingerprint density at radius 1 is 1.00 bits per heavy atom. The first-order chi connectivity index (χ1) is 15.2. The summed E-state index contributed by atoms with van der Waals surface area (Å²) in [7, 11) is 0. The van der Waals surface area contributed by atoms with Crippen LogP contribution >= 0.6 is 0 Å². The van der Waals surface area contributed by atoms with Gasteiger partial charge < -0.3 is 14.8 Å². The van der Waals surface area contributed by atoms with E-state index in [4.69, 9.17) is 14.5 Å². The summed E-state index contributed by atoms with van der Waals surface area (Å²) in [6.45, 7) is 3.03. The highest BCUT2D eigenvalue weighted by Gasteiger charge is 2.19. The van der Waals surface area contributed by atoms with Crippen LogP contribution in [-0.2, 0) is 0 Å². The molecule has 0 bridgehead atoms. The Balaban J connectivity index is 1.48. The molecular formula is C25H21N3O3. The highest BCUT2D eigenvalue weighted by molar-refractivity contribution is 6.07. The number of nitrogens with zero attached hydrogens (tertiary/aromatic N) is 2. The van der Waals surface area contributed by atoms with E-state index < -0.39 is 0 Å². The van der Waals surface area contributed by atoms with Crippen molar-refractivity contribution >= 4 is 16.8 Å². The van der Waals surface area contributed by atoms with E-state index in [9.17, 15) is 4.79 Å². The zero-order valence-corrected chi connectivity index (χ0v) is 17.0. The van der Waals surface area contributed by atoms with Crippen LogP contribution in [0.25, 0.3) is 22.2 Å². The topological polar surface area (TPSA) is 73.3 Å². The van der Waals surface area contributed by atoms with Gasteiger partial charge in [-0.15, -0.1) is 0 Å². The molecule has 1 unspecified atom stereocenters. The fraction of sp³-hybridized carbons (Fsp3) is 0.160. The number of hydrogen-bond acceptors (Lipinski definition) is 5. The lowest BCUT2D eigenvalue weighted by atomic mass is 10.0. The van der Waals surface area contributed by atoms with Crippen molar-refractivity contribution in [1.82, 2.24) is 15.3 Å². The number of benzene rings is 2. The summed E-state index contributed by atoms with van der Waals surface area (Å²) in [4.78, 5) is 22.2. The summed E-state index contributed by atoms with van der Waals surface area (Å²) >= 11 is 0. The molecule has 1 N–H and O–H groups in total. The van der Waals surface area contributed by atoms with Crippen LogP contribution < -0.4 is 14.8 Å². The first-order valence-electron chi connectivity index (χ1n) is 10.2. The normalized spacial score (nSPS) is 13.6. The van der Waals surface area contributed by atoms with Gasteiger partial charge in [-0.2, -0.15) is 0 Å². The molecule has 6 nitrogen and oxygen atoms in total. The zero-order valence-electron chi connectivity index (χ0n) is 17.0. The fourth-order valence-electron chi connectivity index (χ4n) is 3.71. The van der Waals surface area contributed by atoms with Gasteiger partial charge in [-0.25, -0.2) is 4.98 Å². The molecule has 0 spiro atoms. The van der Waals surface area contributed by atoms with Crippen molar-refractivity contribution < 1.29 is 14.3 Å². The Kier molecular flexibility index (Phi) is 4.96. The lowest BCUT2D eigenvalue weighted by Crippen LogP contribution is -2.27. The number of para-hydroxylation sites is 1. The van der Waals surface area contributed by atoms with E-state index in [1.807, 2.05) is 67.6 Å². The molecule has 2 aromatic carbocycles. The Bertz CT molecular complexity index is 1260. The van der Waals surface area contributed by atoms with Crippen molar-refractivity contribution in [3.63, 3.8) is 0 Å². The Morgan fingerprint density at radius 3 is 2.68 bits per heavy atom. The molecule has 31 heavy (non-hydrogen) atoms. The maximum atomic E-state index is 13.3. The Labute approximate surface area is 179 Å². The lowest BCUT2D eigenvalue weighted by molar-refractivity contribution is 0.0941. The molecule has 6 heteroatoms. The van der Waals surface area contributed by atoms with Crippen molar-refractivity contribution in [1.29, 1.82) is 0 Å². The number of ether oxygens (including phenoxy) is 2. The standard InChI is InChI=1S/C25H21N3O3/c1-16(17-8-9-23-24(13-17)31-12-11-30-23)27-25(29)20-14-22(18-5-4-10-26-15-18)28-21-7-3-2-6-19(20)21/h2-10,13-16H,11-12H2,1H3,(H,27,29). The largest absolute Gasteiger partial charge is 0.486 e. The van der Waals surface area contributed by atoms with Crippen molar-refractivity contribution in [2.24, 2.45) is 0 Å². The van der Waals surface area contributed by atoms with Gasteiger partial charge in [0.1, 0.15) is 13.2 Å². The first kappa shape index (κ1) is 19.1. The van der Waals surface area contributed by atoms with Crippen LogP contribution in [0.3, 0.4) is 0 Å². The molecule has 2 aromatic heterocycles. The van der Waals surface area contributed by atoms with Gasteiger partial charge in [-0.05, 0) is 48.9 Å². The number of hydrogen-bond donors (Lipinski definition) is 1. The molecule has 4 aromatic rings. The van der Waals surface area contributed by atoms with E-state index in [1.54, 1.807) is 12.4 Å². The van der Waals surface area contributed by atoms with Crippen LogP contribution in [0.4, 0.5) is 0 Å². The smallest absolute Gasteiger partial charge is 0.252 e. The van der Waals surface area contributed by atoms with E-state index >= 15 is 0 Å². The van der Waals surface area contributed by atoms with Gasteiger partial charge in [-0.3, -0.25) is 9.78 Å². The highest BCUT2D eigenvalue weighted by Crippen LogP contribution is 2.33. The number of aromatic nitrogens is 2. The molecule has 0 saturated carbocycles. The number of carbonyl (C=O) groups excluding carboxylic acids is 1. The molecule has 0 saturated heterocycles. The van der Waals surface area contributed by atoms with Crippen molar-refractivity contribution in [2.45, 2.75) is 13.0 Å². The minimum Gasteiger partial charge on any atom is -0.486 e. The van der Waals surface area contributed by atoms with Crippen molar-refractivity contribution in [3.8, 4) is 22.8 Å². The molecule has 1 aliphatic rings. The second kappa shape index (κ2) is 8.07. The fourth-order valence-corrected chi connectivity index (χ4v) is 3.71. The number of amides is 1. The van der Waals surface area contributed by atoms with Crippen molar-refractivity contribution in [3.05, 3.63) is 84.2 Å². The lowest BCUT2D eigenvalue weighted by Gasteiger charge is -2.21. The molecule has 0 fully saturated rings. The third-order valence-corrected chi connectivity index (χ3v) is 5.33. The van der Waals surface area contributed by atoms with Crippen LogP contribution in [0.5, 0.6) is 11.5 Å². The number of fused-ring (bicyclic) bond motifs is 2. The predicted octanol–water partition coefficient (Wildman–Crippen LogP) is 4.56. The second-order valence-electron chi connectivity index (χ2n) is 7.41. The van der Waals surface area contributed by atoms with Crippen LogP contribution in [0.15, 0.2) is 73.1 Å². The predicted molar refractivity (Wildman–Crippen MR) is 118 cm³/mol. The minimum absolute atomic E-state index is 0.161. The van der Waals surface area contributed by atoms with E-state index in [0.29, 0.717) is 30.2 Å². The van der Waals surface area contributed by atoms with Gasteiger partial charge >= 0.3 is 0 Å². The summed E-state index contributed by atoms with van der Waals surface area (Å²) < 4.78 is 11.3. The number of nitrogens with one attached hydrogen (secondary N) is 1. The number of pyridine rings is 2. The summed E-state index contributed by atoms with van der Waals surface area (Å²) in [5.41, 5.74) is 3.87. The SMILES string of the molecule is CC(NC(=O)c1cc(-c2cccnc2)nc2ccccc12)c1ccc2c(c1)OCCO2. The van der Waals surface area contributed by atoms with E-state index in [1.165, 1.54) is 0 Å². The zero-order chi connectivity index (χ0) is 21.2. The van der Waals surface area contributed by atoms with Crippen LogP contribution in [-0.4, -0.2) is 29.1 Å². The average Bonchev–Trinajstić information content (AvgIpc) is 2.83. The first-order valence-corrected chi connectivity index (χ1v) is 10.2. The second-order valence-corrected chi connectivity index (χ2v) is 7.41. The molecule has 3 heterocycles. The summed E-state index contributed by atoms with van der Waals surface area (Å²) in [5.74, 6) is 1.28. The van der Waals surface area contributed by atoms with Gasteiger partial charge in [0.05, 0.1) is 22.8 Å². The van der Waals surface area contributed by atoms with Gasteiger partial charge in [0.25, 0.3) is 5.91 Å². The average molecular weight is 411 g/mol. The third kappa shape index (κ3) is 3.80. The third-order valence-electron chi connectivity index (χ3n) is 5.33. The van der Waals surface area contributed by atoms with E-state index in [2.05, 4.69) is 10.3 Å². The Hall–Kier alpha value is -3.93. The highest BCUT2D eigenvalue weighted by atomic mass is 16.6. The quantitative estimate of drug-likeness (QED) is 0.533. The Morgan fingerprint density at radius 2 is 1.84 bits per heavy atom. The molecule has 154 valence electrons. The monoisotopic (exact) mass is 411 g/mol. The number of rotatable bonds is 4. The molecular weight excluding hydrogens is 390 g/mol. The molecule has 1 amide bonds. The molecule has 1 aliphatic heterocycles. The molecule has 0 radical (unpaired) electrons. The molecule has 1 atom stereocenters. The van der Waals surface area contributed by atoms with Crippen molar-refractivity contribution in [2.75, 3.05) is 13.2 Å². The maximum Gasteiger partial charge on any atom is 0.252 e. The minimum atomic E-state index is -0.211. The van der Waals surface area contributed by atoms with Gasteiger partial charge in [0.15, 0.2) is 11.5 Å². The van der Waals surface area contributed by atoms with Crippen LogP contribution in [0, 0.1) is 0 Å². The van der Waals surface area contributed by atoms with Gasteiger partial charge in [-0.1, -0.05) is 24.3 Å². The summed E-state index contributed by atoms with van der Waals surface area (Å²) in [6.07, 6.45) is 3.46. The van der Waals surface area contributed by atoms with E-state index in [-0.39, 0.29) is 11.9 Å². The maximum absolute atomic E-state index is 13.3. The summed E-state index contributed by atoms with van der Waals surface area (Å²) in [5, 5.41) is 3.92. The molecule has 0 aliphatic carbocycles. The van der Waals surface area contributed by atoms with Gasteiger partial charge in [0, 0.05) is 23.3 Å².